The smallest absolute Gasteiger partial charge is 0.295 e. The van der Waals surface area contributed by atoms with Crippen LogP contribution in [0.4, 0.5) is 0 Å². The van der Waals surface area contributed by atoms with Gasteiger partial charge in [0.1, 0.15) is 17.3 Å². The lowest BCUT2D eigenvalue weighted by molar-refractivity contribution is -0.140. The van der Waals surface area contributed by atoms with Crippen LogP contribution < -0.4 is 9.47 Å². The highest BCUT2D eigenvalue weighted by molar-refractivity contribution is 6.46. The molecule has 7 nitrogen and oxygen atoms in total. The molecule has 1 aliphatic heterocycles. The van der Waals surface area contributed by atoms with E-state index >= 15 is 0 Å². The monoisotopic (exact) mass is 494 g/mol. The predicted octanol–water partition coefficient (Wildman–Crippen LogP) is 5.02. The van der Waals surface area contributed by atoms with Crippen molar-refractivity contribution in [3.8, 4) is 11.5 Å². The van der Waals surface area contributed by atoms with Gasteiger partial charge in [-0.2, -0.15) is 0 Å². The molecule has 7 heteroatoms. The van der Waals surface area contributed by atoms with Gasteiger partial charge in [0.05, 0.1) is 23.8 Å². The summed E-state index contributed by atoms with van der Waals surface area (Å²) in [5, 5.41) is 11.3. The van der Waals surface area contributed by atoms with Gasteiger partial charge in [0.2, 0.25) is 0 Å². The van der Waals surface area contributed by atoms with E-state index in [0.29, 0.717) is 30.2 Å². The zero-order chi connectivity index (χ0) is 26.4. The van der Waals surface area contributed by atoms with Crippen molar-refractivity contribution < 1.29 is 24.2 Å². The zero-order valence-corrected chi connectivity index (χ0v) is 22.2. The van der Waals surface area contributed by atoms with E-state index in [1.807, 2.05) is 52.0 Å². The summed E-state index contributed by atoms with van der Waals surface area (Å²) in [5.74, 6) is -0.103. The molecule has 1 amide bonds. The second-order valence-electron chi connectivity index (χ2n) is 9.45. The van der Waals surface area contributed by atoms with E-state index in [9.17, 15) is 14.7 Å². The van der Waals surface area contributed by atoms with E-state index in [4.69, 9.17) is 9.47 Å². The first-order chi connectivity index (χ1) is 17.2. The number of likely N-dealkylation sites (tertiary alicyclic amines) is 1. The summed E-state index contributed by atoms with van der Waals surface area (Å²) in [6.07, 6.45) is 0.0430. The van der Waals surface area contributed by atoms with Crippen molar-refractivity contribution >= 4 is 17.4 Å². The minimum absolute atomic E-state index is 0.0169. The van der Waals surface area contributed by atoms with Crippen molar-refractivity contribution in [2.75, 3.05) is 26.2 Å². The largest absolute Gasteiger partial charge is 0.507 e. The molecule has 0 bridgehead atoms. The molecule has 1 N–H and O–H groups in total. The lowest BCUT2D eigenvalue weighted by Crippen LogP contribution is -2.38. The average molecular weight is 495 g/mol. The summed E-state index contributed by atoms with van der Waals surface area (Å²) in [4.78, 5) is 30.2. The quantitative estimate of drug-likeness (QED) is 0.268. The molecule has 194 valence electrons. The predicted molar refractivity (Wildman–Crippen MR) is 141 cm³/mol. The molecule has 0 unspecified atom stereocenters. The molecule has 1 saturated heterocycles. The molecule has 1 atom stereocenters. The van der Waals surface area contributed by atoms with Crippen molar-refractivity contribution in [3.05, 3.63) is 65.2 Å². The maximum atomic E-state index is 13.3. The third-order valence-electron chi connectivity index (χ3n) is 6.16. The van der Waals surface area contributed by atoms with Crippen LogP contribution in [0.1, 0.15) is 58.7 Å². The molecule has 0 radical (unpaired) electrons. The first-order valence-electron chi connectivity index (χ1n) is 12.7. The number of carbonyl (C=O) groups excluding carboxylic acids is 2. The number of rotatable bonds is 11. The molecule has 3 rings (SSSR count). The SMILES string of the molecule is CCN(CC)CCN1C(=O)C(=O)/C(=C(/O)c2ccc(OC(C)C)cc2)[C@@H]1c1ccc(OC(C)C)cc1. The Labute approximate surface area is 214 Å². The molecule has 0 spiro atoms. The van der Waals surface area contributed by atoms with Crippen LogP contribution in [-0.2, 0) is 9.59 Å². The van der Waals surface area contributed by atoms with Gasteiger partial charge in [-0.25, -0.2) is 0 Å². The average Bonchev–Trinajstić information content (AvgIpc) is 3.09. The minimum atomic E-state index is -0.694. The number of ketones is 1. The fourth-order valence-electron chi connectivity index (χ4n) is 4.37. The van der Waals surface area contributed by atoms with E-state index in [-0.39, 0.29) is 23.5 Å². The lowest BCUT2D eigenvalue weighted by atomic mass is 9.95. The van der Waals surface area contributed by atoms with Crippen LogP contribution in [-0.4, -0.2) is 65.0 Å². The number of hydrogen-bond donors (Lipinski definition) is 1. The fraction of sp³-hybridized carbons (Fsp3) is 0.448. The highest BCUT2D eigenvalue weighted by Crippen LogP contribution is 2.40. The fourth-order valence-corrected chi connectivity index (χ4v) is 4.37. The number of aliphatic hydroxyl groups is 1. The summed E-state index contributed by atoms with van der Waals surface area (Å²) in [6, 6.07) is 13.6. The van der Waals surface area contributed by atoms with Gasteiger partial charge in [0, 0.05) is 18.7 Å². The second-order valence-corrected chi connectivity index (χ2v) is 9.45. The van der Waals surface area contributed by atoms with E-state index in [2.05, 4.69) is 18.7 Å². The molecular weight excluding hydrogens is 456 g/mol. The maximum absolute atomic E-state index is 13.3. The van der Waals surface area contributed by atoms with Crippen molar-refractivity contribution in [2.24, 2.45) is 0 Å². The Balaban J connectivity index is 2.04. The molecule has 36 heavy (non-hydrogen) atoms. The van der Waals surface area contributed by atoms with Crippen molar-refractivity contribution in [1.82, 2.24) is 9.80 Å². The minimum Gasteiger partial charge on any atom is -0.507 e. The Morgan fingerprint density at radius 3 is 1.86 bits per heavy atom. The van der Waals surface area contributed by atoms with E-state index < -0.39 is 17.7 Å². The maximum Gasteiger partial charge on any atom is 0.295 e. The first-order valence-corrected chi connectivity index (χ1v) is 12.7. The number of Topliss-reactive ketones (excluding diaryl/α,β-unsaturated/α-hetero) is 1. The van der Waals surface area contributed by atoms with Crippen LogP contribution in [0.2, 0.25) is 0 Å². The number of nitrogens with zero attached hydrogens (tertiary/aromatic N) is 2. The zero-order valence-electron chi connectivity index (χ0n) is 22.2. The Morgan fingerprint density at radius 2 is 1.39 bits per heavy atom. The molecule has 2 aromatic carbocycles. The number of ether oxygens (including phenoxy) is 2. The highest BCUT2D eigenvalue weighted by atomic mass is 16.5. The first kappa shape index (κ1) is 27.3. The van der Waals surface area contributed by atoms with Crippen molar-refractivity contribution in [1.29, 1.82) is 0 Å². The summed E-state index contributed by atoms with van der Waals surface area (Å²) < 4.78 is 11.5. The number of aliphatic hydroxyl groups excluding tert-OH is 1. The van der Waals surface area contributed by atoms with Gasteiger partial charge in [0.15, 0.2) is 0 Å². The highest BCUT2D eigenvalue weighted by Gasteiger charge is 2.46. The van der Waals surface area contributed by atoms with Crippen LogP contribution in [0.5, 0.6) is 11.5 Å². The van der Waals surface area contributed by atoms with Crippen LogP contribution in [0.3, 0.4) is 0 Å². The normalized spacial score (nSPS) is 17.5. The van der Waals surface area contributed by atoms with Gasteiger partial charge in [-0.15, -0.1) is 0 Å². The number of benzene rings is 2. The third-order valence-corrected chi connectivity index (χ3v) is 6.16. The third kappa shape index (κ3) is 6.26. The second kappa shape index (κ2) is 12.1. The Hall–Kier alpha value is -3.32. The molecule has 0 aliphatic carbocycles. The molecular formula is C29H38N2O5. The van der Waals surface area contributed by atoms with Crippen molar-refractivity contribution in [3.63, 3.8) is 0 Å². The summed E-state index contributed by atoms with van der Waals surface area (Å²) in [7, 11) is 0. The Morgan fingerprint density at radius 1 is 0.889 bits per heavy atom. The molecule has 1 aliphatic rings. The van der Waals surface area contributed by atoms with Crippen LogP contribution >= 0.6 is 0 Å². The Bertz CT molecular complexity index is 1070. The van der Waals surface area contributed by atoms with Crippen LogP contribution in [0, 0.1) is 0 Å². The molecule has 0 saturated carbocycles. The van der Waals surface area contributed by atoms with E-state index in [1.54, 1.807) is 29.2 Å². The summed E-state index contributed by atoms with van der Waals surface area (Å²) in [5.41, 5.74) is 1.29. The van der Waals surface area contributed by atoms with Gasteiger partial charge in [-0.1, -0.05) is 26.0 Å². The van der Waals surface area contributed by atoms with Crippen molar-refractivity contribution in [2.45, 2.75) is 59.8 Å². The Kier molecular flexibility index (Phi) is 9.15. The number of carbonyl (C=O) groups is 2. The topological polar surface area (TPSA) is 79.3 Å². The van der Waals surface area contributed by atoms with Crippen LogP contribution in [0.15, 0.2) is 54.1 Å². The molecule has 0 aromatic heterocycles. The molecule has 2 aromatic rings. The van der Waals surface area contributed by atoms with Gasteiger partial charge < -0.3 is 24.4 Å². The number of amides is 1. The van der Waals surface area contributed by atoms with Gasteiger partial charge in [-0.05, 0) is 82.7 Å². The summed E-state index contributed by atoms with van der Waals surface area (Å²) in [6.45, 7) is 14.6. The lowest BCUT2D eigenvalue weighted by Gasteiger charge is -2.28. The molecule has 1 heterocycles. The van der Waals surface area contributed by atoms with Gasteiger partial charge in [0.25, 0.3) is 11.7 Å². The van der Waals surface area contributed by atoms with E-state index in [0.717, 1.165) is 18.7 Å². The van der Waals surface area contributed by atoms with E-state index in [1.165, 1.54) is 0 Å². The summed E-state index contributed by atoms with van der Waals surface area (Å²) >= 11 is 0. The number of likely N-dealkylation sites (N-methyl/N-ethyl adjacent to an activating group) is 1. The van der Waals surface area contributed by atoms with Gasteiger partial charge >= 0.3 is 0 Å². The van der Waals surface area contributed by atoms with Crippen LogP contribution in [0.25, 0.3) is 5.76 Å². The standard InChI is InChI=1S/C29H38N2O5/c1-7-30(8-2)17-18-31-26(21-9-13-23(14-10-21)35-19(3)4)25(28(33)29(31)34)27(32)22-11-15-24(16-12-22)36-20(5)6/h9-16,19-20,26,32H,7-8,17-18H2,1-6H3/b27-25+/t26-/m0/s1. The molecule has 1 fully saturated rings. The van der Waals surface area contributed by atoms with Gasteiger partial charge in [-0.3, -0.25) is 9.59 Å². The number of hydrogen-bond acceptors (Lipinski definition) is 6.